The van der Waals surface area contributed by atoms with Crippen molar-refractivity contribution in [3.05, 3.63) is 0 Å². The zero-order valence-corrected chi connectivity index (χ0v) is 13.4. The molecule has 0 rings (SSSR count). The van der Waals surface area contributed by atoms with Crippen molar-refractivity contribution in [2.24, 2.45) is 10.8 Å². The molecule has 102 valence electrons. The molecule has 16 heavy (non-hydrogen) atoms. The molecule has 0 saturated heterocycles. The Morgan fingerprint density at radius 1 is 0.750 bits per heavy atom. The summed E-state index contributed by atoms with van der Waals surface area (Å²) in [6, 6.07) is 0. The van der Waals surface area contributed by atoms with Gasteiger partial charge in [-0.1, -0.05) is 55.4 Å². The molecule has 0 radical (unpaired) electrons. The van der Waals surface area contributed by atoms with Crippen LogP contribution in [0.3, 0.4) is 0 Å². The van der Waals surface area contributed by atoms with Crippen LogP contribution in [0.4, 0.5) is 0 Å². The average Bonchev–Trinajstić information content (AvgIpc) is 2.07. The van der Waals surface area contributed by atoms with Crippen LogP contribution in [0.25, 0.3) is 0 Å². The summed E-state index contributed by atoms with van der Waals surface area (Å²) in [5, 5.41) is 8.25. The van der Waals surface area contributed by atoms with Crippen molar-refractivity contribution >= 4 is 5.97 Å². The number of carboxylic acid groups (broad SMARTS) is 1. The molecular weight excluding hydrogens is 200 g/mol. The first-order valence-corrected chi connectivity index (χ1v) is 6.18. The van der Waals surface area contributed by atoms with E-state index in [4.69, 9.17) is 5.11 Å². The van der Waals surface area contributed by atoms with E-state index in [1.807, 2.05) is 27.7 Å². The van der Waals surface area contributed by atoms with Crippen molar-refractivity contribution in [1.29, 1.82) is 0 Å². The molecule has 2 heteroatoms. The lowest BCUT2D eigenvalue weighted by atomic mass is 9.98. The third kappa shape index (κ3) is 70.0. The van der Waals surface area contributed by atoms with Crippen molar-refractivity contribution < 1.29 is 9.90 Å². The summed E-state index contributed by atoms with van der Waals surface area (Å²) in [4.78, 5) is 10.0. The van der Waals surface area contributed by atoms with Crippen LogP contribution in [-0.2, 0) is 4.79 Å². The molecule has 0 aromatic heterocycles. The Kier molecular flexibility index (Phi) is 19.3. The molecule has 0 saturated carbocycles. The van der Waals surface area contributed by atoms with E-state index in [0.717, 1.165) is 0 Å². The van der Waals surface area contributed by atoms with Crippen LogP contribution in [0.1, 0.15) is 76.2 Å². The molecule has 0 bridgehead atoms. The predicted octanol–water partition coefficient (Wildman–Crippen LogP) is 5.22. The van der Waals surface area contributed by atoms with E-state index in [0.29, 0.717) is 5.41 Å². The zero-order chi connectivity index (χ0) is 14.6. The zero-order valence-electron chi connectivity index (χ0n) is 13.4. The highest BCUT2D eigenvalue weighted by atomic mass is 16.4. The highest BCUT2D eigenvalue weighted by molar-refractivity contribution is 5.72. The smallest absolute Gasteiger partial charge is 0.308 e. The van der Waals surface area contributed by atoms with Gasteiger partial charge in [0.15, 0.2) is 0 Å². The molecule has 0 fully saturated rings. The van der Waals surface area contributed by atoms with Gasteiger partial charge >= 0.3 is 5.97 Å². The van der Waals surface area contributed by atoms with E-state index >= 15 is 0 Å². The lowest BCUT2D eigenvalue weighted by molar-refractivity contribution is -0.145. The Bertz CT molecular complexity index is 130. The van der Waals surface area contributed by atoms with Gasteiger partial charge in [-0.25, -0.2) is 0 Å². The summed E-state index contributed by atoms with van der Waals surface area (Å²) in [5.74, 6) is -0.757. The number of carboxylic acids is 1. The summed E-state index contributed by atoms with van der Waals surface area (Å²) >= 11 is 0. The quantitative estimate of drug-likeness (QED) is 0.623. The molecule has 0 aliphatic carbocycles. The maximum atomic E-state index is 10.0. The van der Waals surface area contributed by atoms with Crippen LogP contribution in [0.5, 0.6) is 0 Å². The molecule has 0 amide bonds. The summed E-state index contributed by atoms with van der Waals surface area (Å²) in [5.41, 5.74) is -0.0833. The van der Waals surface area contributed by atoms with E-state index in [1.54, 1.807) is 20.8 Å². The van der Waals surface area contributed by atoms with Gasteiger partial charge in [0.05, 0.1) is 5.41 Å². The fraction of sp³-hybridized carbons (Fsp3) is 0.929. The minimum absolute atomic E-state index is 0.500. The van der Waals surface area contributed by atoms with E-state index in [9.17, 15) is 4.79 Å². The van der Waals surface area contributed by atoms with Crippen molar-refractivity contribution in [3.63, 3.8) is 0 Å². The fourth-order valence-corrected chi connectivity index (χ4v) is 0. The van der Waals surface area contributed by atoms with Gasteiger partial charge in [0.1, 0.15) is 0 Å². The lowest BCUT2D eigenvalue weighted by Gasteiger charge is -2.08. The number of carbonyl (C=O) groups is 1. The molecule has 0 spiro atoms. The second kappa shape index (κ2) is 12.5. The van der Waals surface area contributed by atoms with Crippen LogP contribution < -0.4 is 0 Å². The monoisotopic (exact) mass is 234 g/mol. The van der Waals surface area contributed by atoms with Crippen LogP contribution >= 0.6 is 0 Å². The van der Waals surface area contributed by atoms with E-state index in [2.05, 4.69) is 27.7 Å². The molecule has 0 unspecified atom stereocenters. The molecule has 2 nitrogen and oxygen atoms in total. The first kappa shape index (κ1) is 24.6. The maximum absolute atomic E-state index is 10.0. The summed E-state index contributed by atoms with van der Waals surface area (Å²) in [6.07, 6.45) is 0. The number of aliphatic carboxylic acids is 1. The van der Waals surface area contributed by atoms with Crippen LogP contribution in [0.15, 0.2) is 0 Å². The Morgan fingerprint density at radius 2 is 0.812 bits per heavy atom. The number of rotatable bonds is 0. The topological polar surface area (TPSA) is 37.3 Å². The molecule has 1 N–H and O–H groups in total. The van der Waals surface area contributed by atoms with Crippen molar-refractivity contribution in [3.8, 4) is 0 Å². The average molecular weight is 234 g/mol. The third-order valence-corrected chi connectivity index (χ3v) is 0.642. The predicted molar refractivity (Wildman–Crippen MR) is 74.9 cm³/mol. The highest BCUT2D eigenvalue weighted by Crippen LogP contribution is 2.11. The molecule has 0 aromatic carbocycles. The van der Waals surface area contributed by atoms with Gasteiger partial charge in [0, 0.05) is 0 Å². The normalized spacial score (nSPS) is 9.44. The fourth-order valence-electron chi connectivity index (χ4n) is 0. The van der Waals surface area contributed by atoms with E-state index in [-0.39, 0.29) is 0 Å². The van der Waals surface area contributed by atoms with Gasteiger partial charge in [-0.2, -0.15) is 0 Å². The van der Waals surface area contributed by atoms with Crippen LogP contribution in [-0.4, -0.2) is 11.1 Å². The first-order valence-electron chi connectivity index (χ1n) is 6.18. The molecule has 0 aliphatic rings. The first-order chi connectivity index (χ1) is 6.94. The van der Waals surface area contributed by atoms with Crippen molar-refractivity contribution in [2.45, 2.75) is 76.2 Å². The van der Waals surface area contributed by atoms with Crippen LogP contribution in [0, 0.1) is 10.8 Å². The Morgan fingerprint density at radius 3 is 0.812 bits per heavy atom. The molecule has 0 atom stereocenters. The van der Waals surface area contributed by atoms with Crippen molar-refractivity contribution in [2.75, 3.05) is 0 Å². The molecule has 0 aromatic rings. The van der Waals surface area contributed by atoms with Crippen LogP contribution in [0.2, 0.25) is 0 Å². The summed E-state index contributed by atoms with van der Waals surface area (Å²) in [7, 11) is 0. The van der Waals surface area contributed by atoms with E-state index in [1.165, 1.54) is 0 Å². The highest BCUT2D eigenvalue weighted by Gasteiger charge is 2.18. The van der Waals surface area contributed by atoms with Gasteiger partial charge < -0.3 is 5.11 Å². The van der Waals surface area contributed by atoms with Gasteiger partial charge in [-0.3, -0.25) is 4.79 Å². The summed E-state index contributed by atoms with van der Waals surface area (Å²) in [6.45, 7) is 21.7. The second-order valence-corrected chi connectivity index (χ2v) is 5.56. The van der Waals surface area contributed by atoms with Gasteiger partial charge in [0.25, 0.3) is 0 Å². The molecule has 0 heterocycles. The minimum atomic E-state index is -0.757. The summed E-state index contributed by atoms with van der Waals surface area (Å²) < 4.78 is 0. The van der Waals surface area contributed by atoms with Crippen molar-refractivity contribution in [1.82, 2.24) is 0 Å². The Balaban J connectivity index is -0.0000000704. The Hall–Kier alpha value is -0.530. The van der Waals surface area contributed by atoms with Gasteiger partial charge in [-0.05, 0) is 26.2 Å². The van der Waals surface area contributed by atoms with E-state index < -0.39 is 11.4 Å². The Labute approximate surface area is 103 Å². The molecule has 0 aliphatic heterocycles. The molecular formula is C14H34O2. The minimum Gasteiger partial charge on any atom is -0.481 e. The number of hydrogen-bond acceptors (Lipinski definition) is 1. The second-order valence-electron chi connectivity index (χ2n) is 5.56. The van der Waals surface area contributed by atoms with Gasteiger partial charge in [-0.15, -0.1) is 0 Å². The maximum Gasteiger partial charge on any atom is 0.308 e. The third-order valence-electron chi connectivity index (χ3n) is 0.642. The lowest BCUT2D eigenvalue weighted by Crippen LogP contribution is -2.18. The largest absolute Gasteiger partial charge is 0.481 e. The number of hydrogen-bond donors (Lipinski definition) is 1. The van der Waals surface area contributed by atoms with Gasteiger partial charge in [0.2, 0.25) is 0 Å². The standard InChI is InChI=1S/C5H10O2.C5H12.2C2H6/c1-5(2,3)4(6)7;1-5(2,3)4;2*1-2/h1-3H3,(H,6,7);1-4H3;2*1-2H3. The SMILES string of the molecule is CC.CC.CC(C)(C)C.CC(C)(C)C(=O)O.